The molecule has 3 aromatic rings. The number of benzene rings is 2. The van der Waals surface area contributed by atoms with Crippen molar-refractivity contribution in [3.8, 4) is 11.5 Å². The van der Waals surface area contributed by atoms with Gasteiger partial charge in [0, 0.05) is 49.9 Å². The van der Waals surface area contributed by atoms with Crippen LogP contribution in [0.5, 0.6) is 11.5 Å². The molecular formula is C33H38Cl2N4O3S. The summed E-state index contributed by atoms with van der Waals surface area (Å²) in [6.07, 6.45) is 6.41. The molecule has 1 aliphatic carbocycles. The van der Waals surface area contributed by atoms with Crippen LogP contribution in [-0.2, 0) is 17.8 Å². The smallest absolute Gasteiger partial charge is 0.252 e. The lowest BCUT2D eigenvalue weighted by atomic mass is 9.86. The lowest BCUT2D eigenvalue weighted by Crippen LogP contribution is -2.59. The Labute approximate surface area is 267 Å². The molecule has 1 aromatic heterocycles. The molecule has 1 saturated carbocycles. The van der Waals surface area contributed by atoms with E-state index in [2.05, 4.69) is 28.5 Å². The number of aromatic nitrogens is 1. The largest absolute Gasteiger partial charge is 0.496 e. The minimum Gasteiger partial charge on any atom is -0.496 e. The van der Waals surface area contributed by atoms with E-state index in [0.29, 0.717) is 35.0 Å². The highest BCUT2D eigenvalue weighted by molar-refractivity contribution is 7.12. The van der Waals surface area contributed by atoms with Gasteiger partial charge in [0.25, 0.3) is 5.91 Å². The molecule has 1 saturated heterocycles. The fourth-order valence-electron chi connectivity index (χ4n) is 6.13. The van der Waals surface area contributed by atoms with Crippen LogP contribution in [0.4, 0.5) is 0 Å². The Hall–Kier alpha value is -2.62. The van der Waals surface area contributed by atoms with Crippen molar-refractivity contribution in [3.05, 3.63) is 78.7 Å². The maximum absolute atomic E-state index is 14.5. The van der Waals surface area contributed by atoms with E-state index >= 15 is 0 Å². The number of ether oxygens (including phenoxy) is 2. The fourth-order valence-corrected chi connectivity index (χ4v) is 7.86. The highest BCUT2D eigenvalue weighted by atomic mass is 35.5. The molecule has 2 aromatic carbocycles. The monoisotopic (exact) mass is 640 g/mol. The van der Waals surface area contributed by atoms with Gasteiger partial charge in [0.1, 0.15) is 5.75 Å². The number of piperazine rings is 1. The SMILES string of the molecule is COc1cccc(CN(C(=O)C2=C(c3cnc(CCCOc4c(Cl)cc(C)cc4Cl)s3)C[C@@H]3CNC[C@H]2N3)C2CC2)c1C. The molecule has 7 nitrogen and oxygen atoms in total. The van der Waals surface area contributed by atoms with Crippen LogP contribution in [0.1, 0.15) is 52.3 Å². The Balaban J connectivity index is 1.21. The number of methoxy groups -OCH3 is 1. The molecule has 2 fully saturated rings. The number of amides is 1. The maximum atomic E-state index is 14.5. The van der Waals surface area contributed by atoms with Gasteiger partial charge in [-0.25, -0.2) is 4.98 Å². The van der Waals surface area contributed by atoms with Gasteiger partial charge in [-0.15, -0.1) is 11.3 Å². The molecule has 10 heteroatoms. The van der Waals surface area contributed by atoms with Crippen molar-refractivity contribution in [3.63, 3.8) is 0 Å². The number of fused-ring (bicyclic) bond motifs is 2. The van der Waals surface area contributed by atoms with E-state index in [0.717, 1.165) is 88.7 Å². The van der Waals surface area contributed by atoms with E-state index in [9.17, 15) is 4.79 Å². The molecule has 2 aliphatic heterocycles. The van der Waals surface area contributed by atoms with Crippen LogP contribution in [0.25, 0.3) is 5.57 Å². The molecule has 3 heterocycles. The highest BCUT2D eigenvalue weighted by Crippen LogP contribution is 2.39. The average molecular weight is 642 g/mol. The summed E-state index contributed by atoms with van der Waals surface area (Å²) in [6, 6.07) is 10.3. The van der Waals surface area contributed by atoms with Crippen LogP contribution in [0.2, 0.25) is 10.0 Å². The summed E-state index contributed by atoms with van der Waals surface area (Å²) < 4.78 is 11.5. The van der Waals surface area contributed by atoms with Crippen LogP contribution < -0.4 is 20.1 Å². The Morgan fingerprint density at radius 1 is 1.16 bits per heavy atom. The predicted molar refractivity (Wildman–Crippen MR) is 174 cm³/mol. The van der Waals surface area contributed by atoms with Gasteiger partial charge in [0.2, 0.25) is 0 Å². The zero-order chi connectivity index (χ0) is 30.1. The van der Waals surface area contributed by atoms with E-state index in [-0.39, 0.29) is 18.0 Å². The van der Waals surface area contributed by atoms with Gasteiger partial charge < -0.3 is 25.0 Å². The summed E-state index contributed by atoms with van der Waals surface area (Å²) >= 11 is 14.4. The van der Waals surface area contributed by atoms with Gasteiger partial charge in [0.05, 0.1) is 39.7 Å². The van der Waals surface area contributed by atoms with Gasteiger partial charge in [-0.05, 0) is 80.0 Å². The summed E-state index contributed by atoms with van der Waals surface area (Å²) in [5, 5.41) is 9.35. The number of rotatable bonds is 11. The zero-order valence-corrected chi connectivity index (χ0v) is 27.2. The second-order valence-corrected chi connectivity index (χ2v) is 13.6. The van der Waals surface area contributed by atoms with Crippen molar-refractivity contribution in [2.24, 2.45) is 0 Å². The summed E-state index contributed by atoms with van der Waals surface area (Å²) in [7, 11) is 1.69. The van der Waals surface area contributed by atoms with Crippen LogP contribution >= 0.6 is 34.5 Å². The zero-order valence-electron chi connectivity index (χ0n) is 24.8. The first-order valence-corrected chi connectivity index (χ1v) is 16.6. The van der Waals surface area contributed by atoms with E-state index in [4.69, 9.17) is 37.7 Å². The van der Waals surface area contributed by atoms with Crippen molar-refractivity contribution in [2.45, 2.75) is 70.6 Å². The number of aryl methyl sites for hydroxylation is 2. The van der Waals surface area contributed by atoms with Crippen molar-refractivity contribution >= 4 is 46.0 Å². The Morgan fingerprint density at radius 2 is 1.95 bits per heavy atom. The Kier molecular flexibility index (Phi) is 9.31. The van der Waals surface area contributed by atoms with E-state index in [1.54, 1.807) is 18.4 Å². The molecule has 2 atom stereocenters. The lowest BCUT2D eigenvalue weighted by Gasteiger charge is -2.40. The van der Waals surface area contributed by atoms with Crippen LogP contribution in [0, 0.1) is 13.8 Å². The first kappa shape index (κ1) is 30.4. The quantitative estimate of drug-likeness (QED) is 0.237. The number of halogens is 2. The van der Waals surface area contributed by atoms with Gasteiger partial charge >= 0.3 is 0 Å². The maximum Gasteiger partial charge on any atom is 0.252 e. The summed E-state index contributed by atoms with van der Waals surface area (Å²) in [5.41, 5.74) is 5.24. The molecule has 2 N–H and O–H groups in total. The Morgan fingerprint density at radius 3 is 2.70 bits per heavy atom. The molecule has 6 rings (SSSR count). The molecule has 1 amide bonds. The van der Waals surface area contributed by atoms with Crippen molar-refractivity contribution in [2.75, 3.05) is 26.8 Å². The van der Waals surface area contributed by atoms with Crippen molar-refractivity contribution in [1.29, 1.82) is 0 Å². The minimum absolute atomic E-state index is 0.0226. The molecule has 3 aliphatic rings. The number of nitrogens with zero attached hydrogens (tertiary/aromatic N) is 2. The molecule has 43 heavy (non-hydrogen) atoms. The molecular weight excluding hydrogens is 603 g/mol. The number of carbonyl (C=O) groups excluding carboxylic acids is 1. The first-order valence-electron chi connectivity index (χ1n) is 15.0. The average Bonchev–Trinajstić information content (AvgIpc) is 3.72. The molecule has 0 spiro atoms. The standard InChI is InChI=1S/C33H38Cl2N4O3S/c1-19-12-25(34)32(26(35)13-19)42-11-5-8-30-37-17-29(43-30)24-14-22-15-36-16-27(38-22)31(24)33(40)39(23-9-10-23)18-21-6-4-7-28(41-3)20(21)2/h4,6-7,12-13,17,22-23,27,36,38H,5,8-11,14-16,18H2,1-3H3/t22-,27-/m1/s1. The molecule has 2 bridgehead atoms. The topological polar surface area (TPSA) is 75.7 Å². The normalized spacial score (nSPS) is 19.8. The number of carbonyl (C=O) groups is 1. The lowest BCUT2D eigenvalue weighted by molar-refractivity contribution is -0.128. The number of thiazole rings is 1. The number of hydrogen-bond donors (Lipinski definition) is 2. The van der Waals surface area contributed by atoms with Gasteiger partial charge in [-0.3, -0.25) is 4.79 Å². The summed E-state index contributed by atoms with van der Waals surface area (Å²) in [4.78, 5) is 22.4. The Bertz CT molecular complexity index is 1510. The van der Waals surface area contributed by atoms with Crippen LogP contribution in [0.3, 0.4) is 0 Å². The summed E-state index contributed by atoms with van der Waals surface area (Å²) in [5.74, 6) is 1.52. The van der Waals surface area contributed by atoms with E-state index in [1.807, 2.05) is 37.4 Å². The van der Waals surface area contributed by atoms with Gasteiger partial charge in [0.15, 0.2) is 5.75 Å². The van der Waals surface area contributed by atoms with E-state index in [1.165, 1.54) is 0 Å². The summed E-state index contributed by atoms with van der Waals surface area (Å²) in [6.45, 7) is 6.72. The van der Waals surface area contributed by atoms with Crippen molar-refractivity contribution < 1.29 is 14.3 Å². The fraction of sp³-hybridized carbons (Fsp3) is 0.455. The first-order chi connectivity index (χ1) is 20.8. The van der Waals surface area contributed by atoms with E-state index < -0.39 is 0 Å². The third-order valence-corrected chi connectivity index (χ3v) is 10.2. The third kappa shape index (κ3) is 6.74. The second kappa shape index (κ2) is 13.2. The minimum atomic E-state index is -0.0226. The molecule has 0 unspecified atom stereocenters. The molecule has 228 valence electrons. The predicted octanol–water partition coefficient (Wildman–Crippen LogP) is 6.37. The van der Waals surface area contributed by atoms with Crippen LogP contribution in [0.15, 0.2) is 42.1 Å². The third-order valence-electron chi connectivity index (χ3n) is 8.51. The molecule has 0 radical (unpaired) electrons. The van der Waals surface area contributed by atoms with Gasteiger partial charge in [-0.1, -0.05) is 35.3 Å². The second-order valence-electron chi connectivity index (χ2n) is 11.7. The van der Waals surface area contributed by atoms with Crippen LogP contribution in [-0.4, -0.2) is 60.7 Å². The van der Waals surface area contributed by atoms with Gasteiger partial charge in [-0.2, -0.15) is 0 Å². The number of hydrogen-bond acceptors (Lipinski definition) is 7. The number of nitrogens with one attached hydrogen (secondary N) is 2. The highest BCUT2D eigenvalue weighted by Gasteiger charge is 2.41. The van der Waals surface area contributed by atoms with Crippen molar-refractivity contribution in [1.82, 2.24) is 20.5 Å².